The molecule has 0 radical (unpaired) electrons. The van der Waals surface area contributed by atoms with E-state index in [9.17, 15) is 23.5 Å². The zero-order valence-corrected chi connectivity index (χ0v) is 14.0. The second kappa shape index (κ2) is 8.01. The van der Waals surface area contributed by atoms with Crippen molar-refractivity contribution < 1.29 is 23.5 Å². The fourth-order valence-corrected chi connectivity index (χ4v) is 2.65. The van der Waals surface area contributed by atoms with Gasteiger partial charge in [-0.05, 0) is 29.8 Å². The number of nitrogens with one attached hydrogen (secondary N) is 1. The number of carboxylic acids is 1. The summed E-state index contributed by atoms with van der Waals surface area (Å²) in [4.78, 5) is 23.3. The summed E-state index contributed by atoms with van der Waals surface area (Å²) in [6, 6.07) is 9.08. The van der Waals surface area contributed by atoms with Crippen LogP contribution in [0.5, 0.6) is 0 Å². The molecule has 1 atom stereocenters. The molecule has 0 bridgehead atoms. The van der Waals surface area contributed by atoms with Crippen LogP contribution in [0.15, 0.2) is 46.9 Å². The van der Waals surface area contributed by atoms with E-state index in [4.69, 9.17) is 0 Å². The third-order valence-electron chi connectivity index (χ3n) is 3.36. The van der Waals surface area contributed by atoms with E-state index in [1.54, 1.807) is 24.3 Å². The van der Waals surface area contributed by atoms with Gasteiger partial charge in [-0.3, -0.25) is 4.79 Å². The van der Waals surface area contributed by atoms with Crippen molar-refractivity contribution in [2.24, 2.45) is 0 Å². The average molecular weight is 398 g/mol. The van der Waals surface area contributed by atoms with E-state index in [1.165, 1.54) is 6.07 Å². The van der Waals surface area contributed by atoms with Crippen LogP contribution >= 0.6 is 15.9 Å². The molecule has 2 aromatic carbocycles. The minimum atomic E-state index is -1.22. The SMILES string of the molecule is O=C(Cc1c(F)cccc1F)N[C@H](Cc1cccc(Br)c1)C(=O)O. The Labute approximate surface area is 145 Å². The van der Waals surface area contributed by atoms with Crippen molar-refractivity contribution in [2.75, 3.05) is 0 Å². The standard InChI is InChI=1S/C17H14BrF2NO3/c18-11-4-1-3-10(7-11)8-15(17(23)24)21-16(22)9-12-13(19)5-2-6-14(12)20/h1-7,15H,8-9H2,(H,21,22)(H,23,24)/t15-/m1/s1. The summed E-state index contributed by atoms with van der Waals surface area (Å²) in [5, 5.41) is 11.6. The van der Waals surface area contributed by atoms with Crippen LogP contribution in [0.2, 0.25) is 0 Å². The summed E-state index contributed by atoms with van der Waals surface area (Å²) in [6.07, 6.45) is -0.513. The number of halogens is 3. The van der Waals surface area contributed by atoms with Crippen molar-refractivity contribution in [1.82, 2.24) is 5.32 Å². The predicted octanol–water partition coefficient (Wildman–Crippen LogP) is 3.08. The summed E-state index contributed by atoms with van der Waals surface area (Å²) >= 11 is 3.28. The fourth-order valence-electron chi connectivity index (χ4n) is 2.21. The van der Waals surface area contributed by atoms with E-state index in [-0.39, 0.29) is 12.0 Å². The number of benzene rings is 2. The van der Waals surface area contributed by atoms with E-state index < -0.39 is 36.0 Å². The smallest absolute Gasteiger partial charge is 0.326 e. The van der Waals surface area contributed by atoms with Crippen molar-refractivity contribution in [1.29, 1.82) is 0 Å². The molecule has 2 aromatic rings. The van der Waals surface area contributed by atoms with Crippen molar-refractivity contribution in [2.45, 2.75) is 18.9 Å². The molecule has 1 amide bonds. The average Bonchev–Trinajstić information content (AvgIpc) is 2.50. The van der Waals surface area contributed by atoms with Gasteiger partial charge in [-0.25, -0.2) is 13.6 Å². The van der Waals surface area contributed by atoms with Crippen molar-refractivity contribution in [3.8, 4) is 0 Å². The fraction of sp³-hybridized carbons (Fsp3) is 0.176. The second-order valence-corrected chi connectivity index (χ2v) is 6.09. The zero-order chi connectivity index (χ0) is 17.7. The lowest BCUT2D eigenvalue weighted by molar-refractivity contribution is -0.141. The van der Waals surface area contributed by atoms with Crippen LogP contribution in [0.4, 0.5) is 8.78 Å². The largest absolute Gasteiger partial charge is 0.480 e. The molecule has 0 saturated carbocycles. The molecule has 2 rings (SSSR count). The van der Waals surface area contributed by atoms with Crippen LogP contribution in [0.1, 0.15) is 11.1 Å². The van der Waals surface area contributed by atoms with Crippen LogP contribution in [-0.2, 0) is 22.4 Å². The van der Waals surface area contributed by atoms with Crippen LogP contribution in [-0.4, -0.2) is 23.0 Å². The lowest BCUT2D eigenvalue weighted by Crippen LogP contribution is -2.43. The first-order valence-corrected chi connectivity index (χ1v) is 7.85. The Bertz CT molecular complexity index is 747. The maximum Gasteiger partial charge on any atom is 0.326 e. The first kappa shape index (κ1) is 18.1. The third-order valence-corrected chi connectivity index (χ3v) is 3.85. The molecule has 0 fully saturated rings. The van der Waals surface area contributed by atoms with Gasteiger partial charge in [0, 0.05) is 16.5 Å². The Morgan fingerprint density at radius 3 is 2.33 bits per heavy atom. The van der Waals surface area contributed by atoms with Gasteiger partial charge >= 0.3 is 5.97 Å². The molecule has 4 nitrogen and oxygen atoms in total. The van der Waals surface area contributed by atoms with Gasteiger partial charge in [0.25, 0.3) is 0 Å². The van der Waals surface area contributed by atoms with Crippen LogP contribution in [0.25, 0.3) is 0 Å². The van der Waals surface area contributed by atoms with Crippen LogP contribution < -0.4 is 5.32 Å². The summed E-state index contributed by atoms with van der Waals surface area (Å²) in [5.41, 5.74) is 0.316. The van der Waals surface area contributed by atoms with Gasteiger partial charge in [0.15, 0.2) is 0 Å². The molecule has 0 aliphatic carbocycles. The number of rotatable bonds is 6. The molecule has 0 aliphatic rings. The minimum absolute atomic E-state index is 0.0558. The van der Waals surface area contributed by atoms with Gasteiger partial charge < -0.3 is 10.4 Å². The molecule has 0 saturated heterocycles. The molecule has 126 valence electrons. The second-order valence-electron chi connectivity index (χ2n) is 5.17. The van der Waals surface area contributed by atoms with Gasteiger partial charge in [0.2, 0.25) is 5.91 Å². The topological polar surface area (TPSA) is 66.4 Å². The highest BCUT2D eigenvalue weighted by molar-refractivity contribution is 9.10. The Hall–Kier alpha value is -2.28. The highest BCUT2D eigenvalue weighted by Gasteiger charge is 2.22. The number of hydrogen-bond donors (Lipinski definition) is 2. The quantitative estimate of drug-likeness (QED) is 0.786. The first-order chi connectivity index (χ1) is 11.4. The minimum Gasteiger partial charge on any atom is -0.480 e. The number of carboxylic acid groups (broad SMARTS) is 1. The summed E-state index contributed by atoms with van der Waals surface area (Å²) < 4.78 is 27.9. The number of hydrogen-bond acceptors (Lipinski definition) is 2. The summed E-state index contributed by atoms with van der Waals surface area (Å²) in [5.74, 6) is -3.67. The van der Waals surface area contributed by atoms with Gasteiger partial charge in [0.1, 0.15) is 17.7 Å². The Balaban J connectivity index is 2.07. The zero-order valence-electron chi connectivity index (χ0n) is 12.4. The van der Waals surface area contributed by atoms with E-state index in [1.807, 2.05) is 0 Å². The number of amides is 1. The highest BCUT2D eigenvalue weighted by Crippen LogP contribution is 2.15. The molecule has 2 N–H and O–H groups in total. The van der Waals surface area contributed by atoms with Gasteiger partial charge in [0.05, 0.1) is 6.42 Å². The molecule has 7 heteroatoms. The monoisotopic (exact) mass is 397 g/mol. The normalized spacial score (nSPS) is 11.8. The molecular formula is C17H14BrF2NO3. The first-order valence-electron chi connectivity index (χ1n) is 7.06. The number of carbonyl (C=O) groups excluding carboxylic acids is 1. The predicted molar refractivity (Wildman–Crippen MR) is 87.5 cm³/mol. The third kappa shape index (κ3) is 4.86. The Kier molecular flexibility index (Phi) is 6.03. The van der Waals surface area contributed by atoms with Gasteiger partial charge in [-0.2, -0.15) is 0 Å². The van der Waals surface area contributed by atoms with E-state index >= 15 is 0 Å². The maximum absolute atomic E-state index is 13.6. The summed E-state index contributed by atoms with van der Waals surface area (Å²) in [6.45, 7) is 0. The Morgan fingerprint density at radius 2 is 1.75 bits per heavy atom. The van der Waals surface area contributed by atoms with Crippen molar-refractivity contribution in [3.05, 3.63) is 69.7 Å². The molecule has 0 heterocycles. The maximum atomic E-state index is 13.6. The molecule has 0 aliphatic heterocycles. The number of carbonyl (C=O) groups is 2. The highest BCUT2D eigenvalue weighted by atomic mass is 79.9. The molecule has 0 aromatic heterocycles. The van der Waals surface area contributed by atoms with Crippen LogP contribution in [0.3, 0.4) is 0 Å². The van der Waals surface area contributed by atoms with E-state index in [0.717, 1.165) is 16.6 Å². The molecule has 0 unspecified atom stereocenters. The molecule has 0 spiro atoms. The number of aliphatic carboxylic acids is 1. The lowest BCUT2D eigenvalue weighted by Gasteiger charge is -2.15. The van der Waals surface area contributed by atoms with Gasteiger partial charge in [-0.15, -0.1) is 0 Å². The summed E-state index contributed by atoms with van der Waals surface area (Å²) in [7, 11) is 0. The van der Waals surface area contributed by atoms with E-state index in [0.29, 0.717) is 5.56 Å². The van der Waals surface area contributed by atoms with Crippen molar-refractivity contribution in [3.63, 3.8) is 0 Å². The van der Waals surface area contributed by atoms with Crippen molar-refractivity contribution >= 4 is 27.8 Å². The molecule has 24 heavy (non-hydrogen) atoms. The lowest BCUT2D eigenvalue weighted by atomic mass is 10.1. The van der Waals surface area contributed by atoms with Crippen LogP contribution in [0, 0.1) is 11.6 Å². The van der Waals surface area contributed by atoms with Gasteiger partial charge in [-0.1, -0.05) is 34.1 Å². The van der Waals surface area contributed by atoms with E-state index in [2.05, 4.69) is 21.2 Å². The Morgan fingerprint density at radius 1 is 1.12 bits per heavy atom. The molecular weight excluding hydrogens is 384 g/mol.